The molecular weight excluding hydrogens is 317 g/mol. The van der Waals surface area contributed by atoms with E-state index in [-0.39, 0.29) is 11.7 Å². The highest BCUT2D eigenvalue weighted by atomic mass is 32.2. The number of carbonyl (C=O) groups is 2. The third-order valence-electron chi connectivity index (χ3n) is 3.00. The minimum atomic E-state index is -0.418. The predicted octanol–water partition coefficient (Wildman–Crippen LogP) is 3.73. The van der Waals surface area contributed by atoms with E-state index in [4.69, 9.17) is 0 Å². The summed E-state index contributed by atoms with van der Waals surface area (Å²) in [6.45, 7) is 0. The number of ether oxygens (including phenoxy) is 1. The van der Waals surface area contributed by atoms with Crippen molar-refractivity contribution in [3.63, 3.8) is 0 Å². The predicted molar refractivity (Wildman–Crippen MR) is 88.2 cm³/mol. The second-order valence-corrected chi connectivity index (χ2v) is 5.84. The summed E-state index contributed by atoms with van der Waals surface area (Å²) in [7, 11) is 1.32. The van der Waals surface area contributed by atoms with Crippen molar-refractivity contribution in [2.45, 2.75) is 11.3 Å². The summed E-state index contributed by atoms with van der Waals surface area (Å²) in [5.74, 6) is -0.218. The van der Waals surface area contributed by atoms with E-state index >= 15 is 0 Å². The summed E-state index contributed by atoms with van der Waals surface area (Å²) in [5, 5.41) is 2.76. The van der Waals surface area contributed by atoms with Crippen LogP contribution in [0.25, 0.3) is 0 Å². The zero-order valence-electron chi connectivity index (χ0n) is 12.5. The zero-order chi connectivity index (χ0) is 16.7. The van der Waals surface area contributed by atoms with Crippen molar-refractivity contribution < 1.29 is 18.7 Å². The number of amides is 1. The number of benzene rings is 2. The molecule has 2 aromatic carbocycles. The molecule has 0 atom stereocenters. The van der Waals surface area contributed by atoms with Crippen LogP contribution < -0.4 is 5.32 Å². The van der Waals surface area contributed by atoms with Gasteiger partial charge in [-0.05, 0) is 48.5 Å². The number of esters is 1. The fourth-order valence-electron chi connectivity index (χ4n) is 1.82. The third-order valence-corrected chi connectivity index (χ3v) is 4.01. The van der Waals surface area contributed by atoms with Crippen LogP contribution in [0.2, 0.25) is 0 Å². The molecule has 0 unspecified atom stereocenters. The molecule has 6 heteroatoms. The van der Waals surface area contributed by atoms with E-state index in [1.54, 1.807) is 36.4 Å². The number of rotatable bonds is 6. The maximum Gasteiger partial charge on any atom is 0.337 e. The first kappa shape index (κ1) is 17.0. The van der Waals surface area contributed by atoms with Crippen LogP contribution in [0.1, 0.15) is 16.8 Å². The average Bonchev–Trinajstić information content (AvgIpc) is 2.56. The van der Waals surface area contributed by atoms with Gasteiger partial charge in [-0.25, -0.2) is 9.18 Å². The molecule has 0 fully saturated rings. The Morgan fingerprint density at radius 3 is 2.35 bits per heavy atom. The van der Waals surface area contributed by atoms with Gasteiger partial charge in [0.25, 0.3) is 0 Å². The molecule has 0 aliphatic heterocycles. The fourth-order valence-corrected chi connectivity index (χ4v) is 2.68. The molecule has 0 aliphatic carbocycles. The van der Waals surface area contributed by atoms with Gasteiger partial charge in [0, 0.05) is 22.8 Å². The quantitative estimate of drug-likeness (QED) is 0.646. The molecular formula is C17H16FNO3S. The lowest BCUT2D eigenvalue weighted by Gasteiger charge is -2.06. The number of carbonyl (C=O) groups excluding carboxylic acids is 2. The number of hydrogen-bond donors (Lipinski definition) is 1. The molecule has 1 amide bonds. The Labute approximate surface area is 138 Å². The summed E-state index contributed by atoms with van der Waals surface area (Å²) in [6, 6.07) is 12.6. The van der Waals surface area contributed by atoms with Gasteiger partial charge in [0.05, 0.1) is 12.7 Å². The highest BCUT2D eigenvalue weighted by molar-refractivity contribution is 7.99. The third kappa shape index (κ3) is 5.41. The summed E-state index contributed by atoms with van der Waals surface area (Å²) in [4.78, 5) is 24.1. The molecule has 0 radical (unpaired) electrons. The van der Waals surface area contributed by atoms with Gasteiger partial charge in [-0.3, -0.25) is 4.79 Å². The van der Waals surface area contributed by atoms with Gasteiger partial charge >= 0.3 is 5.97 Å². The number of nitrogens with one attached hydrogen (secondary N) is 1. The molecule has 0 heterocycles. The molecule has 0 aliphatic rings. The smallest absolute Gasteiger partial charge is 0.337 e. The van der Waals surface area contributed by atoms with Crippen LogP contribution in [0.15, 0.2) is 53.4 Å². The van der Waals surface area contributed by atoms with E-state index in [0.29, 0.717) is 23.4 Å². The monoisotopic (exact) mass is 333 g/mol. The van der Waals surface area contributed by atoms with E-state index in [1.165, 1.54) is 31.0 Å². The minimum Gasteiger partial charge on any atom is -0.465 e. The second-order valence-electron chi connectivity index (χ2n) is 4.67. The van der Waals surface area contributed by atoms with Crippen LogP contribution in [-0.2, 0) is 9.53 Å². The maximum atomic E-state index is 12.8. The van der Waals surface area contributed by atoms with Crippen LogP contribution >= 0.6 is 11.8 Å². The molecule has 0 bridgehead atoms. The summed E-state index contributed by atoms with van der Waals surface area (Å²) < 4.78 is 17.4. The first-order valence-electron chi connectivity index (χ1n) is 6.95. The van der Waals surface area contributed by atoms with E-state index in [0.717, 1.165) is 4.90 Å². The molecule has 0 aromatic heterocycles. The van der Waals surface area contributed by atoms with E-state index in [1.807, 2.05) is 0 Å². The largest absolute Gasteiger partial charge is 0.465 e. The molecule has 120 valence electrons. The Hall–Kier alpha value is -2.34. The fraction of sp³-hybridized carbons (Fsp3) is 0.176. The van der Waals surface area contributed by atoms with Crippen LogP contribution in [0.5, 0.6) is 0 Å². The van der Waals surface area contributed by atoms with Crippen LogP contribution in [0.3, 0.4) is 0 Å². The highest BCUT2D eigenvalue weighted by Gasteiger charge is 2.06. The molecule has 0 saturated carbocycles. The van der Waals surface area contributed by atoms with Crippen molar-refractivity contribution in [1.29, 1.82) is 0 Å². The second kappa shape index (κ2) is 8.33. The first-order valence-corrected chi connectivity index (χ1v) is 7.93. The summed E-state index contributed by atoms with van der Waals surface area (Å²) in [6.07, 6.45) is 0.334. The standard InChI is InChI=1S/C17H16FNO3S/c1-22-17(21)12-2-6-14(7-3-12)19-16(20)10-11-23-15-8-4-13(18)5-9-15/h2-9H,10-11H2,1H3,(H,19,20). The molecule has 0 spiro atoms. The van der Waals surface area contributed by atoms with E-state index < -0.39 is 5.97 Å². The van der Waals surface area contributed by atoms with Crippen LogP contribution in [0.4, 0.5) is 10.1 Å². The van der Waals surface area contributed by atoms with E-state index in [2.05, 4.69) is 10.1 Å². The van der Waals surface area contributed by atoms with Crippen molar-refractivity contribution in [3.05, 3.63) is 59.9 Å². The highest BCUT2D eigenvalue weighted by Crippen LogP contribution is 2.19. The molecule has 1 N–H and O–H groups in total. The zero-order valence-corrected chi connectivity index (χ0v) is 13.4. The van der Waals surface area contributed by atoms with Gasteiger partial charge in [-0.2, -0.15) is 0 Å². The summed E-state index contributed by atoms with van der Waals surface area (Å²) in [5.41, 5.74) is 1.05. The molecule has 23 heavy (non-hydrogen) atoms. The van der Waals surface area contributed by atoms with Gasteiger partial charge in [0.2, 0.25) is 5.91 Å². The van der Waals surface area contributed by atoms with Gasteiger partial charge < -0.3 is 10.1 Å². The Bertz CT molecular complexity index is 671. The minimum absolute atomic E-state index is 0.120. The van der Waals surface area contributed by atoms with Crippen molar-refractivity contribution in [1.82, 2.24) is 0 Å². The Morgan fingerprint density at radius 2 is 1.74 bits per heavy atom. The first-order chi connectivity index (χ1) is 11.1. The topological polar surface area (TPSA) is 55.4 Å². The number of hydrogen-bond acceptors (Lipinski definition) is 4. The number of anilines is 1. The lowest BCUT2D eigenvalue weighted by molar-refractivity contribution is -0.115. The number of thioether (sulfide) groups is 1. The van der Waals surface area contributed by atoms with Gasteiger partial charge in [-0.1, -0.05) is 0 Å². The van der Waals surface area contributed by atoms with Crippen molar-refractivity contribution in [2.24, 2.45) is 0 Å². The molecule has 2 aromatic rings. The number of halogens is 1. The molecule has 4 nitrogen and oxygen atoms in total. The Balaban J connectivity index is 1.78. The van der Waals surface area contributed by atoms with Crippen molar-refractivity contribution in [3.8, 4) is 0 Å². The van der Waals surface area contributed by atoms with Gasteiger partial charge in [0.15, 0.2) is 0 Å². The van der Waals surface area contributed by atoms with Crippen molar-refractivity contribution >= 4 is 29.3 Å². The van der Waals surface area contributed by atoms with Crippen LogP contribution in [0, 0.1) is 5.82 Å². The van der Waals surface area contributed by atoms with Gasteiger partial charge in [0.1, 0.15) is 5.82 Å². The van der Waals surface area contributed by atoms with Crippen molar-refractivity contribution in [2.75, 3.05) is 18.2 Å². The van der Waals surface area contributed by atoms with Crippen LogP contribution in [-0.4, -0.2) is 24.7 Å². The molecule has 0 saturated heterocycles. The lowest BCUT2D eigenvalue weighted by atomic mass is 10.2. The SMILES string of the molecule is COC(=O)c1ccc(NC(=O)CCSc2ccc(F)cc2)cc1. The van der Waals surface area contributed by atoms with E-state index in [9.17, 15) is 14.0 Å². The Kier molecular flexibility index (Phi) is 6.17. The molecule has 2 rings (SSSR count). The summed E-state index contributed by atoms with van der Waals surface area (Å²) >= 11 is 1.49. The lowest BCUT2D eigenvalue weighted by Crippen LogP contribution is -2.12. The maximum absolute atomic E-state index is 12.8. The average molecular weight is 333 g/mol. The Morgan fingerprint density at radius 1 is 1.09 bits per heavy atom. The van der Waals surface area contributed by atoms with Gasteiger partial charge in [-0.15, -0.1) is 11.8 Å². The normalized spacial score (nSPS) is 10.2. The number of methoxy groups -OCH3 is 1.